The minimum Gasteiger partial charge on any atom is -0.507 e. The van der Waals surface area contributed by atoms with E-state index in [9.17, 15) is 14.7 Å². The zero-order valence-electron chi connectivity index (χ0n) is 20.7. The number of nitrogens with zero attached hydrogens (tertiary/aromatic N) is 2. The molecule has 1 unspecified atom stereocenters. The van der Waals surface area contributed by atoms with E-state index in [1.54, 1.807) is 31.4 Å². The third-order valence-electron chi connectivity index (χ3n) is 6.83. The van der Waals surface area contributed by atoms with Crippen molar-refractivity contribution in [3.05, 3.63) is 88.5 Å². The van der Waals surface area contributed by atoms with Gasteiger partial charge >= 0.3 is 0 Å². The molecule has 3 aromatic rings. The highest BCUT2D eigenvalue weighted by atomic mass is 16.5. The number of rotatable bonds is 4. The molecule has 0 saturated carbocycles. The smallest absolute Gasteiger partial charge is 0.300 e. The van der Waals surface area contributed by atoms with Crippen molar-refractivity contribution in [2.24, 2.45) is 0 Å². The van der Waals surface area contributed by atoms with Gasteiger partial charge in [0.15, 0.2) is 0 Å². The van der Waals surface area contributed by atoms with E-state index in [1.807, 2.05) is 62.2 Å². The van der Waals surface area contributed by atoms with E-state index in [0.717, 1.165) is 16.8 Å². The lowest BCUT2D eigenvalue weighted by Crippen LogP contribution is -2.30. The monoisotopic (exact) mass is 484 g/mol. The number of anilines is 2. The molecule has 1 atom stereocenters. The third kappa shape index (κ3) is 3.77. The highest BCUT2D eigenvalue weighted by Crippen LogP contribution is 2.46. The van der Waals surface area contributed by atoms with Crippen LogP contribution in [0.2, 0.25) is 0 Å². The van der Waals surface area contributed by atoms with Crippen LogP contribution in [0.25, 0.3) is 5.76 Å². The number of ether oxygens (including phenoxy) is 2. The van der Waals surface area contributed by atoms with Gasteiger partial charge in [-0.3, -0.25) is 14.5 Å². The molecule has 36 heavy (non-hydrogen) atoms. The SMILES string of the molecule is COc1ccccc1C1/C(=C(\O)c2ccc3c(c2)N(C)CCO3)C(=O)C(=O)N1c1cc(C)ccc1C. The first-order chi connectivity index (χ1) is 17.3. The summed E-state index contributed by atoms with van der Waals surface area (Å²) < 4.78 is 11.3. The quantitative estimate of drug-likeness (QED) is 0.327. The van der Waals surface area contributed by atoms with Crippen LogP contribution in [-0.4, -0.2) is 44.1 Å². The van der Waals surface area contributed by atoms with Gasteiger partial charge in [-0.05, 0) is 55.3 Å². The number of fused-ring (bicyclic) bond motifs is 1. The van der Waals surface area contributed by atoms with Gasteiger partial charge in [0.05, 0.1) is 31.0 Å². The first-order valence-corrected chi connectivity index (χ1v) is 11.8. The molecule has 1 fully saturated rings. The molecule has 0 aromatic heterocycles. The molecule has 184 valence electrons. The molecule has 0 aliphatic carbocycles. The Labute approximate surface area is 210 Å². The van der Waals surface area contributed by atoms with Crippen LogP contribution in [0.5, 0.6) is 11.5 Å². The molecule has 1 saturated heterocycles. The van der Waals surface area contributed by atoms with E-state index < -0.39 is 17.7 Å². The van der Waals surface area contributed by atoms with E-state index >= 15 is 0 Å². The summed E-state index contributed by atoms with van der Waals surface area (Å²) in [5, 5.41) is 11.6. The molecule has 1 amide bonds. The van der Waals surface area contributed by atoms with Gasteiger partial charge in [0.2, 0.25) is 0 Å². The maximum atomic E-state index is 13.6. The third-order valence-corrected chi connectivity index (χ3v) is 6.83. The zero-order chi connectivity index (χ0) is 25.6. The summed E-state index contributed by atoms with van der Waals surface area (Å²) in [6.07, 6.45) is 0. The van der Waals surface area contributed by atoms with E-state index in [0.29, 0.717) is 41.5 Å². The maximum absolute atomic E-state index is 13.6. The molecule has 2 aliphatic rings. The Balaban J connectivity index is 1.75. The van der Waals surface area contributed by atoms with Crippen LogP contribution < -0.4 is 19.3 Å². The topological polar surface area (TPSA) is 79.3 Å². The molecule has 2 heterocycles. The number of para-hydroxylation sites is 1. The number of benzene rings is 3. The Hall–Kier alpha value is -4.26. The number of aliphatic hydroxyl groups excluding tert-OH is 1. The molecular weight excluding hydrogens is 456 g/mol. The Morgan fingerprint density at radius 2 is 1.81 bits per heavy atom. The first kappa shape index (κ1) is 23.5. The predicted molar refractivity (Wildman–Crippen MR) is 139 cm³/mol. The normalized spacial score (nSPS) is 18.7. The maximum Gasteiger partial charge on any atom is 0.300 e. The molecule has 3 aromatic carbocycles. The van der Waals surface area contributed by atoms with Crippen LogP contribution >= 0.6 is 0 Å². The van der Waals surface area contributed by atoms with Crippen LogP contribution in [0.3, 0.4) is 0 Å². The molecule has 7 nitrogen and oxygen atoms in total. The van der Waals surface area contributed by atoms with Gasteiger partial charge < -0.3 is 19.5 Å². The van der Waals surface area contributed by atoms with Gasteiger partial charge in [0.1, 0.15) is 23.9 Å². The number of amides is 1. The Bertz CT molecular complexity index is 1410. The number of aliphatic hydroxyl groups is 1. The molecule has 1 N–H and O–H groups in total. The lowest BCUT2D eigenvalue weighted by atomic mass is 9.94. The summed E-state index contributed by atoms with van der Waals surface area (Å²) in [7, 11) is 3.49. The van der Waals surface area contributed by atoms with Gasteiger partial charge in [0.25, 0.3) is 11.7 Å². The summed E-state index contributed by atoms with van der Waals surface area (Å²) in [5.41, 5.74) is 4.28. The number of carbonyl (C=O) groups excluding carboxylic acids is 2. The van der Waals surface area contributed by atoms with Crippen molar-refractivity contribution >= 4 is 28.8 Å². The van der Waals surface area contributed by atoms with E-state index in [4.69, 9.17) is 9.47 Å². The van der Waals surface area contributed by atoms with Crippen LogP contribution in [0.15, 0.2) is 66.2 Å². The number of methoxy groups -OCH3 is 1. The summed E-state index contributed by atoms with van der Waals surface area (Å²) in [6.45, 7) is 5.11. The molecule has 0 spiro atoms. The summed E-state index contributed by atoms with van der Waals surface area (Å²) in [6, 6.07) is 17.4. The fraction of sp³-hybridized carbons (Fsp3) is 0.241. The number of likely N-dealkylation sites (N-methyl/N-ethyl adjacent to an activating group) is 1. The second-order valence-corrected chi connectivity index (χ2v) is 9.15. The largest absolute Gasteiger partial charge is 0.507 e. The van der Waals surface area contributed by atoms with Gasteiger partial charge in [-0.1, -0.05) is 30.3 Å². The number of carbonyl (C=O) groups is 2. The second-order valence-electron chi connectivity index (χ2n) is 9.15. The van der Waals surface area contributed by atoms with Crippen molar-refractivity contribution < 1.29 is 24.2 Å². The van der Waals surface area contributed by atoms with Crippen LogP contribution in [-0.2, 0) is 9.59 Å². The number of hydrogen-bond acceptors (Lipinski definition) is 6. The average molecular weight is 485 g/mol. The molecule has 7 heteroatoms. The number of Topliss-reactive ketones (excluding diaryl/α,β-unsaturated/α-hetero) is 1. The molecular formula is C29H28N2O5. The van der Waals surface area contributed by atoms with Crippen molar-refractivity contribution in [3.63, 3.8) is 0 Å². The fourth-order valence-electron chi connectivity index (χ4n) is 4.90. The number of hydrogen-bond donors (Lipinski definition) is 1. The van der Waals surface area contributed by atoms with Gasteiger partial charge in [-0.15, -0.1) is 0 Å². The molecule has 2 aliphatic heterocycles. The minimum atomic E-state index is -0.869. The standard InChI is InChI=1S/C29H28N2O5/c1-17-9-10-18(2)21(15-17)31-26(20-7-5-6-8-23(20)35-4)25(28(33)29(31)34)27(32)19-11-12-24-22(16-19)30(3)13-14-36-24/h5-12,15-16,26,32H,13-14H2,1-4H3/b27-25+. The van der Waals surface area contributed by atoms with Crippen molar-refractivity contribution in [2.45, 2.75) is 19.9 Å². The summed E-state index contributed by atoms with van der Waals surface area (Å²) >= 11 is 0. The highest BCUT2D eigenvalue weighted by molar-refractivity contribution is 6.51. The fourth-order valence-corrected chi connectivity index (χ4v) is 4.90. The molecule has 0 bridgehead atoms. The lowest BCUT2D eigenvalue weighted by molar-refractivity contribution is -0.132. The zero-order valence-corrected chi connectivity index (χ0v) is 20.7. The average Bonchev–Trinajstić information content (AvgIpc) is 3.15. The first-order valence-electron chi connectivity index (χ1n) is 11.8. The minimum absolute atomic E-state index is 0.0183. The molecule has 0 radical (unpaired) electrons. The Kier molecular flexibility index (Phi) is 5.92. The van der Waals surface area contributed by atoms with Crippen LogP contribution in [0.4, 0.5) is 11.4 Å². The number of ketones is 1. The van der Waals surface area contributed by atoms with E-state index in [-0.39, 0.29) is 11.3 Å². The Morgan fingerprint density at radius 3 is 2.58 bits per heavy atom. The van der Waals surface area contributed by atoms with Crippen molar-refractivity contribution in [3.8, 4) is 11.5 Å². The van der Waals surface area contributed by atoms with E-state index in [1.165, 1.54) is 4.90 Å². The highest BCUT2D eigenvalue weighted by Gasteiger charge is 2.48. The van der Waals surface area contributed by atoms with Gasteiger partial charge in [-0.2, -0.15) is 0 Å². The van der Waals surface area contributed by atoms with Crippen molar-refractivity contribution in [1.29, 1.82) is 0 Å². The van der Waals surface area contributed by atoms with Crippen molar-refractivity contribution in [1.82, 2.24) is 0 Å². The van der Waals surface area contributed by atoms with Crippen LogP contribution in [0.1, 0.15) is 28.3 Å². The van der Waals surface area contributed by atoms with Gasteiger partial charge in [-0.25, -0.2) is 0 Å². The van der Waals surface area contributed by atoms with Gasteiger partial charge in [0, 0.05) is 23.9 Å². The lowest BCUT2D eigenvalue weighted by Gasteiger charge is -2.29. The van der Waals surface area contributed by atoms with Crippen molar-refractivity contribution in [2.75, 3.05) is 37.1 Å². The summed E-state index contributed by atoms with van der Waals surface area (Å²) in [4.78, 5) is 30.6. The van der Waals surface area contributed by atoms with Crippen LogP contribution in [0, 0.1) is 13.8 Å². The predicted octanol–water partition coefficient (Wildman–Crippen LogP) is 4.77. The number of aryl methyl sites for hydroxylation is 2. The van der Waals surface area contributed by atoms with E-state index in [2.05, 4.69) is 0 Å². The Morgan fingerprint density at radius 1 is 1.03 bits per heavy atom. The summed E-state index contributed by atoms with van der Waals surface area (Å²) in [5.74, 6) is -0.452. The molecule has 5 rings (SSSR count). The second kappa shape index (κ2) is 9.07.